The highest BCUT2D eigenvalue weighted by atomic mass is 31.6. The molecule has 1 fully saturated rings. The highest BCUT2D eigenvalue weighted by molar-refractivity contribution is 8.35. The average molecular weight is 489 g/mol. The van der Waals surface area contributed by atoms with E-state index < -0.39 is 28.7 Å². The molecule has 0 aromatic carbocycles. The fourth-order valence-electron chi connectivity index (χ4n) is 10.2. The fourth-order valence-corrected chi connectivity index (χ4v) is 205. The van der Waals surface area contributed by atoms with E-state index in [1.807, 2.05) is 0 Å². The molecule has 0 amide bonds. The minimum atomic E-state index is -1.51. The van der Waals surface area contributed by atoms with Gasteiger partial charge in [0.2, 0.25) is 0 Å². The molecule has 0 nitrogen and oxygen atoms in total. The van der Waals surface area contributed by atoms with Gasteiger partial charge >= 0.3 is 0 Å². The van der Waals surface area contributed by atoms with E-state index in [9.17, 15) is 0 Å². The first kappa shape index (κ1) is 28.3. The van der Waals surface area contributed by atoms with Crippen LogP contribution in [0, 0.1) is 0 Å². The first-order valence-corrected chi connectivity index (χ1v) is 27.4. The minimum Gasteiger partial charge on any atom is -0.148 e. The van der Waals surface area contributed by atoms with Gasteiger partial charge in [0.1, 0.15) is 0 Å². The van der Waals surface area contributed by atoms with Crippen LogP contribution in [0.2, 0.25) is 44.3 Å². The molecule has 1 heterocycles. The Labute approximate surface area is 191 Å². The summed E-state index contributed by atoms with van der Waals surface area (Å²) < 4.78 is 0. The number of hydrogen-bond donors (Lipinski definition) is 0. The van der Waals surface area contributed by atoms with Crippen molar-refractivity contribution in [1.29, 1.82) is 0 Å². The molecule has 0 radical (unpaired) electrons. The average Bonchev–Trinajstić information content (AvgIpc) is 2.82. The largest absolute Gasteiger partial charge is 0.148 e. The Morgan fingerprint density at radius 1 is 0.310 bits per heavy atom. The van der Waals surface area contributed by atoms with Gasteiger partial charge < -0.3 is 0 Å². The molecule has 0 saturated carbocycles. The lowest BCUT2D eigenvalue weighted by atomic mass is 10.5. The van der Waals surface area contributed by atoms with Crippen LogP contribution in [0.1, 0.15) is 111 Å². The van der Waals surface area contributed by atoms with Gasteiger partial charge in [-0.2, -0.15) is 0 Å². The molecule has 0 N–H and O–H groups in total. The molecule has 5 heteroatoms. The molecule has 1 aliphatic rings. The predicted octanol–water partition coefficient (Wildman–Crippen LogP) is 9.98. The lowest BCUT2D eigenvalue weighted by Gasteiger charge is -2.65. The Kier molecular flexibility index (Phi) is 9.06. The van der Waals surface area contributed by atoms with Crippen molar-refractivity contribution in [2.45, 2.75) is 155 Å². The molecule has 29 heavy (non-hydrogen) atoms. The van der Waals surface area contributed by atoms with Gasteiger partial charge in [-0.25, -0.2) is 0 Å². The summed E-state index contributed by atoms with van der Waals surface area (Å²) in [6, 6.07) is 0. The van der Waals surface area contributed by atoms with Crippen LogP contribution in [-0.4, -0.2) is 28.7 Å². The van der Waals surface area contributed by atoms with Crippen LogP contribution in [0.4, 0.5) is 0 Å². The molecule has 1 saturated heterocycles. The Morgan fingerprint density at radius 2 is 0.483 bits per heavy atom. The van der Waals surface area contributed by atoms with E-state index >= 15 is 0 Å². The molecular weight excluding hydrogens is 432 g/mol. The smallest absolute Gasteiger partial charge is 0.0698 e. The SMILES string of the molecule is CC(C)[Si]1(C(C)C)P[Si](C(C)C)(C(C)C)[Si](C(C)C)(C(C)C)[Si]1(C(C)C)C(C)C. The third kappa shape index (κ3) is 3.22. The van der Waals surface area contributed by atoms with Crippen molar-refractivity contribution in [3.63, 3.8) is 0 Å². The zero-order chi connectivity index (χ0) is 23.3. The van der Waals surface area contributed by atoms with Gasteiger partial charge in [-0.05, 0) is 22.2 Å². The van der Waals surface area contributed by atoms with Gasteiger partial charge in [-0.1, -0.05) is 133 Å². The van der Waals surface area contributed by atoms with Crippen LogP contribution in [0.15, 0.2) is 0 Å². The quantitative estimate of drug-likeness (QED) is 0.235. The van der Waals surface area contributed by atoms with Crippen LogP contribution in [0.3, 0.4) is 0 Å². The second-order valence-corrected chi connectivity index (χ2v) is 58.1. The monoisotopic (exact) mass is 488 g/mol. The molecule has 1 aliphatic heterocycles. The Hall–Kier alpha value is 1.30. The lowest BCUT2D eigenvalue weighted by molar-refractivity contribution is 0.864. The maximum atomic E-state index is 2.74. The molecular formula is C24H57PSi4. The molecule has 0 aromatic heterocycles. The molecule has 0 unspecified atom stereocenters. The molecule has 0 aliphatic carbocycles. The third-order valence-corrected chi connectivity index (χ3v) is 115. The van der Waals surface area contributed by atoms with E-state index in [2.05, 4.69) is 111 Å². The lowest BCUT2D eigenvalue weighted by Crippen LogP contribution is -2.84. The van der Waals surface area contributed by atoms with Crippen molar-refractivity contribution in [2.75, 3.05) is 0 Å². The Morgan fingerprint density at radius 3 is 0.586 bits per heavy atom. The maximum Gasteiger partial charge on any atom is 0.0698 e. The minimum absolute atomic E-state index is 0.966. The van der Waals surface area contributed by atoms with Crippen molar-refractivity contribution in [3.05, 3.63) is 0 Å². The first-order valence-electron chi connectivity index (χ1n) is 12.8. The normalized spacial score (nSPS) is 23.2. The van der Waals surface area contributed by atoms with Gasteiger partial charge in [0.25, 0.3) is 0 Å². The van der Waals surface area contributed by atoms with Crippen molar-refractivity contribution in [1.82, 2.24) is 0 Å². The summed E-state index contributed by atoms with van der Waals surface area (Å²) in [6.45, 7) is 43.5. The van der Waals surface area contributed by atoms with Gasteiger partial charge in [-0.15, -0.1) is 7.68 Å². The number of rotatable bonds is 8. The second kappa shape index (κ2) is 9.27. The molecule has 0 atom stereocenters. The van der Waals surface area contributed by atoms with Crippen molar-refractivity contribution in [2.24, 2.45) is 0 Å². The fraction of sp³-hybridized carbons (Fsp3) is 1.00. The maximum absolute atomic E-state index is 2.74. The summed E-state index contributed by atoms with van der Waals surface area (Å²) in [6.07, 6.45) is 0. The van der Waals surface area contributed by atoms with Crippen LogP contribution in [0.25, 0.3) is 0 Å². The topological polar surface area (TPSA) is 0 Å². The van der Waals surface area contributed by atoms with Crippen molar-refractivity contribution < 1.29 is 0 Å². The summed E-state index contributed by atoms with van der Waals surface area (Å²) in [5.74, 6) is 0. The highest BCUT2D eigenvalue weighted by Crippen LogP contribution is 2.78. The van der Waals surface area contributed by atoms with Gasteiger partial charge in [0.05, 0.1) is 28.7 Å². The first-order chi connectivity index (χ1) is 13.0. The van der Waals surface area contributed by atoms with E-state index in [1.54, 1.807) is 0 Å². The Bertz CT molecular complexity index is 469. The van der Waals surface area contributed by atoms with Gasteiger partial charge in [0.15, 0.2) is 0 Å². The summed E-state index contributed by atoms with van der Waals surface area (Å²) in [4.78, 5) is 0. The summed E-state index contributed by atoms with van der Waals surface area (Å²) in [5.41, 5.74) is 7.73. The van der Waals surface area contributed by atoms with Crippen molar-refractivity contribution in [3.8, 4) is 0 Å². The zero-order valence-corrected chi connectivity index (χ0v) is 28.1. The van der Waals surface area contributed by atoms with Crippen molar-refractivity contribution >= 4 is 36.4 Å². The van der Waals surface area contributed by atoms with Crippen LogP contribution < -0.4 is 0 Å². The predicted molar refractivity (Wildman–Crippen MR) is 152 cm³/mol. The molecule has 0 bridgehead atoms. The summed E-state index contributed by atoms with van der Waals surface area (Å²) >= 11 is 0. The van der Waals surface area contributed by atoms with E-state index in [-0.39, 0.29) is 0 Å². The van der Waals surface area contributed by atoms with Gasteiger partial charge in [-0.3, -0.25) is 0 Å². The highest BCUT2D eigenvalue weighted by Gasteiger charge is 2.84. The van der Waals surface area contributed by atoms with E-state index in [4.69, 9.17) is 0 Å². The molecule has 1 rings (SSSR count). The third-order valence-electron chi connectivity index (χ3n) is 9.75. The zero-order valence-electron chi connectivity index (χ0n) is 23.1. The van der Waals surface area contributed by atoms with E-state index in [0.717, 1.165) is 44.3 Å². The van der Waals surface area contributed by atoms with E-state index in [0.29, 0.717) is 0 Å². The van der Waals surface area contributed by atoms with Crippen LogP contribution >= 0.6 is 7.68 Å². The Balaban J connectivity index is 4.50. The molecule has 174 valence electrons. The van der Waals surface area contributed by atoms with Crippen LogP contribution in [-0.2, 0) is 0 Å². The standard InChI is InChI=1S/C24H57PSi4/c1-17(2)26(18(3)4)25-27(19(5)6,20(7)8)29(23(13)14,24(15)16)28(26,21(9)10)22(11)12/h17-25H,1-16H3. The second-order valence-electron chi connectivity index (χ2n) is 12.8. The van der Waals surface area contributed by atoms with Crippen LogP contribution in [0.5, 0.6) is 0 Å². The van der Waals surface area contributed by atoms with E-state index in [1.165, 1.54) is 7.68 Å². The summed E-state index contributed by atoms with van der Waals surface area (Å²) in [7, 11) is -4.44. The summed E-state index contributed by atoms with van der Waals surface area (Å²) in [5, 5.41) is 0. The van der Waals surface area contributed by atoms with Gasteiger partial charge in [0, 0.05) is 0 Å². The molecule has 0 spiro atoms. The molecule has 0 aromatic rings. The number of hydrogen-bond acceptors (Lipinski definition) is 0.